The molecule has 88 valence electrons. The Bertz CT molecular complexity index is 352. The molecule has 0 bridgehead atoms. The van der Waals surface area contributed by atoms with Gasteiger partial charge in [0, 0.05) is 0 Å². The second-order valence-corrected chi connectivity index (χ2v) is 5.02. The molecule has 2 atom stereocenters. The van der Waals surface area contributed by atoms with Crippen LogP contribution in [0.15, 0.2) is 0 Å². The topological polar surface area (TPSA) is 74.7 Å². The van der Waals surface area contributed by atoms with Gasteiger partial charge >= 0.3 is 5.97 Å². The predicted octanol–water partition coefficient (Wildman–Crippen LogP) is 0.635. The molecule has 1 N–H and O–H groups in total. The van der Waals surface area contributed by atoms with Gasteiger partial charge in [-0.15, -0.1) is 0 Å². The summed E-state index contributed by atoms with van der Waals surface area (Å²) in [5.74, 6) is -2.30. The Labute approximate surface area is 93.4 Å². The Hall–Kier alpha value is -1.39. The highest BCUT2D eigenvalue weighted by Gasteiger charge is 2.56. The minimum absolute atomic E-state index is 0.272. The smallest absolute Gasteiger partial charge is 0.329 e. The first-order valence-electron chi connectivity index (χ1n) is 5.48. The van der Waals surface area contributed by atoms with Crippen LogP contribution in [0, 0.1) is 11.8 Å². The monoisotopic (exact) mass is 225 g/mol. The highest BCUT2D eigenvalue weighted by molar-refractivity contribution is 6.08. The number of likely N-dealkylation sites (tertiary alicyclic amines) is 1. The average Bonchev–Trinajstić information content (AvgIpc) is 2.71. The van der Waals surface area contributed by atoms with E-state index in [1.54, 1.807) is 0 Å². The fourth-order valence-electron chi connectivity index (χ4n) is 2.64. The molecule has 5 heteroatoms. The first kappa shape index (κ1) is 11.1. The average molecular weight is 225 g/mol. The Morgan fingerprint density at radius 3 is 2.06 bits per heavy atom. The Morgan fingerprint density at radius 2 is 1.69 bits per heavy atom. The van der Waals surface area contributed by atoms with Crippen LogP contribution in [-0.2, 0) is 14.4 Å². The van der Waals surface area contributed by atoms with E-state index in [1.807, 2.05) is 0 Å². The number of rotatable bonds is 2. The Kier molecular flexibility index (Phi) is 2.29. The lowest BCUT2D eigenvalue weighted by molar-refractivity contribution is -0.161. The fourth-order valence-corrected chi connectivity index (χ4v) is 2.64. The number of fused-ring (bicyclic) bond motifs is 1. The predicted molar refractivity (Wildman–Crippen MR) is 54.4 cm³/mol. The lowest BCUT2D eigenvalue weighted by Gasteiger charge is -2.30. The first-order valence-corrected chi connectivity index (χ1v) is 5.48. The van der Waals surface area contributed by atoms with Gasteiger partial charge in [0.2, 0.25) is 11.8 Å². The maximum Gasteiger partial charge on any atom is 0.329 e. The van der Waals surface area contributed by atoms with Crippen molar-refractivity contribution < 1.29 is 19.5 Å². The van der Waals surface area contributed by atoms with Crippen LogP contribution in [0.2, 0.25) is 0 Å². The minimum atomic E-state index is -1.43. The lowest BCUT2D eigenvalue weighted by Crippen LogP contribution is -2.53. The van der Waals surface area contributed by atoms with Crippen molar-refractivity contribution in [3.8, 4) is 0 Å². The third-order valence-corrected chi connectivity index (χ3v) is 3.67. The third kappa shape index (κ3) is 1.27. The van der Waals surface area contributed by atoms with E-state index in [0.717, 1.165) is 11.3 Å². The molecule has 1 aliphatic carbocycles. The zero-order valence-electron chi connectivity index (χ0n) is 9.40. The number of hydrogen-bond acceptors (Lipinski definition) is 3. The summed E-state index contributed by atoms with van der Waals surface area (Å²) < 4.78 is 0. The highest BCUT2D eigenvalue weighted by atomic mass is 16.4. The zero-order valence-corrected chi connectivity index (χ0v) is 9.40. The maximum atomic E-state index is 12.0. The van der Waals surface area contributed by atoms with E-state index in [-0.39, 0.29) is 23.7 Å². The lowest BCUT2D eigenvalue weighted by atomic mass is 10.00. The molecule has 2 amide bonds. The number of aliphatic carboxylic acids is 1. The molecule has 1 heterocycles. The summed E-state index contributed by atoms with van der Waals surface area (Å²) in [4.78, 5) is 36.0. The normalized spacial score (nSPS) is 29.8. The van der Waals surface area contributed by atoms with Crippen molar-refractivity contribution >= 4 is 17.8 Å². The number of carboxylic acid groups (broad SMARTS) is 1. The number of nitrogens with zero attached hydrogens (tertiary/aromatic N) is 1. The van der Waals surface area contributed by atoms with Gasteiger partial charge in [0.05, 0.1) is 11.8 Å². The van der Waals surface area contributed by atoms with E-state index in [2.05, 4.69) is 0 Å². The van der Waals surface area contributed by atoms with Crippen LogP contribution >= 0.6 is 0 Å². The number of carbonyl (C=O) groups excluding carboxylic acids is 2. The first-order chi connectivity index (χ1) is 7.37. The molecule has 1 saturated carbocycles. The van der Waals surface area contributed by atoms with Crippen molar-refractivity contribution in [1.29, 1.82) is 0 Å². The molecule has 0 aromatic rings. The summed E-state index contributed by atoms with van der Waals surface area (Å²) in [6, 6.07) is 0. The largest absolute Gasteiger partial charge is 0.480 e. The van der Waals surface area contributed by atoms with Crippen molar-refractivity contribution in [2.45, 2.75) is 38.6 Å². The molecule has 1 aliphatic heterocycles. The van der Waals surface area contributed by atoms with Crippen molar-refractivity contribution in [3.63, 3.8) is 0 Å². The molecule has 1 saturated heterocycles. The summed E-state index contributed by atoms with van der Waals surface area (Å²) >= 11 is 0. The van der Waals surface area contributed by atoms with Crippen molar-refractivity contribution in [1.82, 2.24) is 4.90 Å². The molecule has 2 aliphatic rings. The van der Waals surface area contributed by atoms with E-state index < -0.39 is 11.5 Å². The third-order valence-electron chi connectivity index (χ3n) is 3.67. The number of carbonyl (C=O) groups is 3. The van der Waals surface area contributed by atoms with Gasteiger partial charge in [-0.25, -0.2) is 4.79 Å². The zero-order chi connectivity index (χ0) is 12.1. The van der Waals surface area contributed by atoms with Crippen molar-refractivity contribution in [2.24, 2.45) is 11.8 Å². The number of imide groups is 1. The number of amides is 2. The van der Waals surface area contributed by atoms with Gasteiger partial charge in [-0.2, -0.15) is 0 Å². The summed E-state index contributed by atoms with van der Waals surface area (Å²) in [5.41, 5.74) is -1.43. The summed E-state index contributed by atoms with van der Waals surface area (Å²) in [6.45, 7) is 2.79. The van der Waals surface area contributed by atoms with Gasteiger partial charge in [0.15, 0.2) is 0 Å². The molecular formula is C11H15NO4. The molecular weight excluding hydrogens is 210 g/mol. The van der Waals surface area contributed by atoms with E-state index >= 15 is 0 Å². The van der Waals surface area contributed by atoms with Gasteiger partial charge in [-0.05, 0) is 26.7 Å². The van der Waals surface area contributed by atoms with Crippen LogP contribution in [0.1, 0.15) is 33.1 Å². The Balaban J connectivity index is 2.34. The van der Waals surface area contributed by atoms with Crippen LogP contribution in [-0.4, -0.2) is 33.3 Å². The van der Waals surface area contributed by atoms with Crippen LogP contribution in [0.25, 0.3) is 0 Å². The molecule has 16 heavy (non-hydrogen) atoms. The van der Waals surface area contributed by atoms with E-state index in [1.165, 1.54) is 13.8 Å². The molecule has 5 nitrogen and oxygen atoms in total. The van der Waals surface area contributed by atoms with Gasteiger partial charge in [0.1, 0.15) is 5.54 Å². The van der Waals surface area contributed by atoms with E-state index in [4.69, 9.17) is 5.11 Å². The molecule has 2 unspecified atom stereocenters. The minimum Gasteiger partial charge on any atom is -0.480 e. The van der Waals surface area contributed by atoms with Crippen LogP contribution < -0.4 is 0 Å². The standard InChI is InChI=1S/C11H15NO4/c1-11(2,10(15)16)12-8(13)6-4-3-5-7(6)9(12)14/h6-7H,3-5H2,1-2H3,(H,15,16). The fraction of sp³-hybridized carbons (Fsp3) is 0.727. The molecule has 0 spiro atoms. The summed E-state index contributed by atoms with van der Waals surface area (Å²) in [6.07, 6.45) is 2.30. The van der Waals surface area contributed by atoms with E-state index in [0.29, 0.717) is 12.8 Å². The van der Waals surface area contributed by atoms with Gasteiger partial charge < -0.3 is 5.11 Å². The molecule has 0 aromatic carbocycles. The van der Waals surface area contributed by atoms with Crippen LogP contribution in [0.5, 0.6) is 0 Å². The molecule has 2 fully saturated rings. The summed E-state index contributed by atoms with van der Waals surface area (Å²) in [5, 5.41) is 9.05. The highest BCUT2D eigenvalue weighted by Crippen LogP contribution is 2.42. The van der Waals surface area contributed by atoms with Gasteiger partial charge in [-0.3, -0.25) is 14.5 Å². The molecule has 0 aromatic heterocycles. The Morgan fingerprint density at radius 1 is 1.25 bits per heavy atom. The maximum absolute atomic E-state index is 12.0. The van der Waals surface area contributed by atoms with Crippen molar-refractivity contribution in [3.05, 3.63) is 0 Å². The van der Waals surface area contributed by atoms with Gasteiger partial charge in [-0.1, -0.05) is 6.42 Å². The molecule has 0 radical (unpaired) electrons. The second kappa shape index (κ2) is 3.30. The summed E-state index contributed by atoms with van der Waals surface area (Å²) in [7, 11) is 0. The van der Waals surface area contributed by atoms with E-state index in [9.17, 15) is 14.4 Å². The molecule has 2 rings (SSSR count). The van der Waals surface area contributed by atoms with Gasteiger partial charge in [0.25, 0.3) is 0 Å². The number of carboxylic acids is 1. The second-order valence-electron chi connectivity index (χ2n) is 5.02. The SMILES string of the molecule is CC(C)(C(=O)O)N1C(=O)C2CCCC2C1=O. The van der Waals surface area contributed by atoms with Crippen LogP contribution in [0.3, 0.4) is 0 Å². The van der Waals surface area contributed by atoms with Crippen molar-refractivity contribution in [2.75, 3.05) is 0 Å². The van der Waals surface area contributed by atoms with Crippen LogP contribution in [0.4, 0.5) is 0 Å². The number of hydrogen-bond donors (Lipinski definition) is 1. The quantitative estimate of drug-likeness (QED) is 0.699.